The van der Waals surface area contributed by atoms with Crippen molar-refractivity contribution in [3.63, 3.8) is 0 Å². The topological polar surface area (TPSA) is 96.4 Å². The zero-order valence-corrected chi connectivity index (χ0v) is 9.77. The molecule has 6 nitrogen and oxygen atoms in total. The van der Waals surface area contributed by atoms with Gasteiger partial charge in [-0.25, -0.2) is 13.2 Å². The fourth-order valence-electron chi connectivity index (χ4n) is 1.82. The van der Waals surface area contributed by atoms with Gasteiger partial charge in [0.2, 0.25) is 0 Å². The minimum Gasteiger partial charge on any atom is -0.478 e. The highest BCUT2D eigenvalue weighted by molar-refractivity contribution is 7.91. The first-order valence-electron chi connectivity index (χ1n) is 5.12. The van der Waals surface area contributed by atoms with Crippen molar-refractivity contribution >= 4 is 21.5 Å². The first kappa shape index (κ1) is 11.8. The molecule has 0 aromatic carbocycles. The van der Waals surface area contributed by atoms with E-state index in [4.69, 9.17) is 5.11 Å². The van der Waals surface area contributed by atoms with Crippen LogP contribution in [-0.2, 0) is 9.84 Å². The van der Waals surface area contributed by atoms with Crippen molar-refractivity contribution in [2.45, 2.75) is 12.5 Å². The van der Waals surface area contributed by atoms with Crippen LogP contribution in [0.4, 0.5) is 5.69 Å². The summed E-state index contributed by atoms with van der Waals surface area (Å²) in [6.45, 7) is 0. The first-order valence-corrected chi connectivity index (χ1v) is 6.94. The SMILES string of the molecule is O=C(O)c1ccncc1NC1CCS(=O)(=O)C1. The minimum atomic E-state index is -2.98. The Balaban J connectivity index is 2.17. The molecule has 1 aliphatic rings. The Morgan fingerprint density at radius 2 is 2.29 bits per heavy atom. The van der Waals surface area contributed by atoms with E-state index < -0.39 is 15.8 Å². The molecule has 0 spiro atoms. The molecule has 92 valence electrons. The van der Waals surface area contributed by atoms with E-state index in [0.29, 0.717) is 12.1 Å². The number of carbonyl (C=O) groups is 1. The highest BCUT2D eigenvalue weighted by Crippen LogP contribution is 2.20. The zero-order chi connectivity index (χ0) is 12.5. The molecule has 2 rings (SSSR count). The third-order valence-electron chi connectivity index (χ3n) is 2.64. The molecular weight excluding hydrogens is 244 g/mol. The maximum Gasteiger partial charge on any atom is 0.337 e. The number of aromatic carboxylic acids is 1. The van der Waals surface area contributed by atoms with Gasteiger partial charge in [0.25, 0.3) is 0 Å². The molecule has 1 aromatic rings. The number of hydrogen-bond donors (Lipinski definition) is 2. The van der Waals surface area contributed by atoms with Crippen LogP contribution in [-0.4, -0.2) is 42.0 Å². The Bertz CT molecular complexity index is 541. The Hall–Kier alpha value is -1.63. The van der Waals surface area contributed by atoms with Crippen molar-refractivity contribution in [1.29, 1.82) is 0 Å². The van der Waals surface area contributed by atoms with Crippen molar-refractivity contribution in [2.75, 3.05) is 16.8 Å². The average molecular weight is 256 g/mol. The van der Waals surface area contributed by atoms with Crippen LogP contribution in [0.15, 0.2) is 18.5 Å². The van der Waals surface area contributed by atoms with E-state index in [2.05, 4.69) is 10.3 Å². The molecule has 2 heterocycles. The molecular formula is C10H12N2O4S. The van der Waals surface area contributed by atoms with Gasteiger partial charge in [0, 0.05) is 12.2 Å². The predicted octanol–water partition coefficient (Wildman–Crippen LogP) is 0.379. The molecule has 0 aliphatic carbocycles. The van der Waals surface area contributed by atoms with Crippen molar-refractivity contribution in [2.24, 2.45) is 0 Å². The number of pyridine rings is 1. The van der Waals surface area contributed by atoms with E-state index in [-0.39, 0.29) is 23.1 Å². The highest BCUT2D eigenvalue weighted by atomic mass is 32.2. The van der Waals surface area contributed by atoms with Gasteiger partial charge in [-0.15, -0.1) is 0 Å². The number of aromatic nitrogens is 1. The van der Waals surface area contributed by atoms with E-state index in [9.17, 15) is 13.2 Å². The minimum absolute atomic E-state index is 0.0426. The zero-order valence-electron chi connectivity index (χ0n) is 8.96. The molecule has 1 aliphatic heterocycles. The van der Waals surface area contributed by atoms with Gasteiger partial charge in [-0.3, -0.25) is 4.98 Å². The standard InChI is InChI=1S/C10H12N2O4S/c13-10(14)8-1-3-11-5-9(8)12-7-2-4-17(15,16)6-7/h1,3,5,7,12H,2,4,6H2,(H,13,14). The Labute approximate surface area is 98.6 Å². The van der Waals surface area contributed by atoms with Gasteiger partial charge in [-0.05, 0) is 12.5 Å². The Morgan fingerprint density at radius 1 is 1.53 bits per heavy atom. The van der Waals surface area contributed by atoms with Gasteiger partial charge in [-0.2, -0.15) is 0 Å². The van der Waals surface area contributed by atoms with Gasteiger partial charge in [0.15, 0.2) is 9.84 Å². The molecule has 1 saturated heterocycles. The Kier molecular flexibility index (Phi) is 3.01. The van der Waals surface area contributed by atoms with E-state index >= 15 is 0 Å². The van der Waals surface area contributed by atoms with E-state index in [1.807, 2.05) is 0 Å². The summed E-state index contributed by atoms with van der Waals surface area (Å²) < 4.78 is 22.6. The lowest BCUT2D eigenvalue weighted by atomic mass is 10.2. The van der Waals surface area contributed by atoms with Crippen molar-refractivity contribution in [3.8, 4) is 0 Å². The molecule has 0 radical (unpaired) electrons. The summed E-state index contributed by atoms with van der Waals surface area (Å²) in [7, 11) is -2.98. The summed E-state index contributed by atoms with van der Waals surface area (Å²) >= 11 is 0. The number of nitrogens with zero attached hydrogens (tertiary/aromatic N) is 1. The quantitative estimate of drug-likeness (QED) is 0.811. The molecule has 1 aromatic heterocycles. The third-order valence-corrected chi connectivity index (χ3v) is 4.41. The maximum absolute atomic E-state index is 11.3. The summed E-state index contributed by atoms with van der Waals surface area (Å²) in [6, 6.07) is 1.15. The second kappa shape index (κ2) is 4.33. The van der Waals surface area contributed by atoms with Crippen LogP contribution in [0.2, 0.25) is 0 Å². The monoisotopic (exact) mass is 256 g/mol. The van der Waals surface area contributed by atoms with Crippen LogP contribution < -0.4 is 5.32 Å². The molecule has 17 heavy (non-hydrogen) atoms. The molecule has 1 atom stereocenters. The number of hydrogen-bond acceptors (Lipinski definition) is 5. The Morgan fingerprint density at radius 3 is 2.88 bits per heavy atom. The lowest BCUT2D eigenvalue weighted by molar-refractivity contribution is 0.0697. The van der Waals surface area contributed by atoms with Gasteiger partial charge in [0.05, 0.1) is 29.0 Å². The normalized spacial score (nSPS) is 22.2. The predicted molar refractivity (Wildman–Crippen MR) is 61.9 cm³/mol. The number of rotatable bonds is 3. The highest BCUT2D eigenvalue weighted by Gasteiger charge is 2.28. The number of nitrogens with one attached hydrogen (secondary N) is 1. The molecule has 0 amide bonds. The van der Waals surface area contributed by atoms with E-state index in [0.717, 1.165) is 0 Å². The largest absolute Gasteiger partial charge is 0.478 e. The molecule has 2 N–H and O–H groups in total. The van der Waals surface area contributed by atoms with Crippen LogP contribution in [0.3, 0.4) is 0 Å². The number of anilines is 1. The van der Waals surface area contributed by atoms with Gasteiger partial charge in [-0.1, -0.05) is 0 Å². The van der Waals surface area contributed by atoms with E-state index in [1.165, 1.54) is 18.5 Å². The summed E-state index contributed by atoms with van der Waals surface area (Å²) in [5, 5.41) is 11.9. The number of sulfone groups is 1. The first-order chi connectivity index (χ1) is 7.98. The fourth-order valence-corrected chi connectivity index (χ4v) is 3.50. The molecule has 1 fully saturated rings. The summed E-state index contributed by atoms with van der Waals surface area (Å²) in [6.07, 6.45) is 3.28. The van der Waals surface area contributed by atoms with Crippen LogP contribution in [0.5, 0.6) is 0 Å². The smallest absolute Gasteiger partial charge is 0.337 e. The molecule has 0 saturated carbocycles. The summed E-state index contributed by atoms with van der Waals surface area (Å²) in [5.41, 5.74) is 0.464. The second-order valence-corrected chi connectivity index (χ2v) is 6.20. The van der Waals surface area contributed by atoms with Crippen molar-refractivity contribution in [3.05, 3.63) is 24.0 Å². The second-order valence-electron chi connectivity index (χ2n) is 3.97. The van der Waals surface area contributed by atoms with Crippen LogP contribution in [0.1, 0.15) is 16.8 Å². The lowest BCUT2D eigenvalue weighted by Gasteiger charge is -2.13. The van der Waals surface area contributed by atoms with Crippen LogP contribution in [0.25, 0.3) is 0 Å². The van der Waals surface area contributed by atoms with E-state index in [1.54, 1.807) is 0 Å². The molecule has 7 heteroatoms. The van der Waals surface area contributed by atoms with Gasteiger partial charge in [0.1, 0.15) is 0 Å². The van der Waals surface area contributed by atoms with Gasteiger partial charge < -0.3 is 10.4 Å². The van der Waals surface area contributed by atoms with Gasteiger partial charge >= 0.3 is 5.97 Å². The number of carboxylic acid groups (broad SMARTS) is 1. The summed E-state index contributed by atoms with van der Waals surface area (Å²) in [4.78, 5) is 14.8. The maximum atomic E-state index is 11.3. The van der Waals surface area contributed by atoms with Crippen LogP contribution >= 0.6 is 0 Å². The molecule has 1 unspecified atom stereocenters. The molecule has 0 bridgehead atoms. The van der Waals surface area contributed by atoms with Crippen molar-refractivity contribution in [1.82, 2.24) is 4.98 Å². The van der Waals surface area contributed by atoms with Crippen LogP contribution in [0, 0.1) is 0 Å². The number of carboxylic acids is 1. The average Bonchev–Trinajstić information content (AvgIpc) is 2.58. The summed E-state index contributed by atoms with van der Waals surface area (Å²) in [5.74, 6) is -0.871. The fraction of sp³-hybridized carbons (Fsp3) is 0.400. The lowest BCUT2D eigenvalue weighted by Crippen LogP contribution is -2.22. The van der Waals surface area contributed by atoms with Crippen molar-refractivity contribution < 1.29 is 18.3 Å². The third kappa shape index (κ3) is 2.73.